The van der Waals surface area contributed by atoms with Gasteiger partial charge in [0.2, 0.25) is 0 Å². The fourth-order valence-corrected chi connectivity index (χ4v) is 4.94. The molecule has 4 rings (SSSR count). The summed E-state index contributed by atoms with van der Waals surface area (Å²) in [6, 6.07) is 11.3. The molecule has 2 heterocycles. The van der Waals surface area contributed by atoms with Crippen molar-refractivity contribution in [2.24, 2.45) is 5.92 Å². The molecule has 8 heteroatoms. The second kappa shape index (κ2) is 10.5. The first-order valence-corrected chi connectivity index (χ1v) is 12.0. The Hall–Kier alpha value is -2.35. The van der Waals surface area contributed by atoms with Crippen LogP contribution in [0.25, 0.3) is 11.0 Å². The molecule has 168 valence electrons. The third-order valence-corrected chi connectivity index (χ3v) is 6.68. The smallest absolute Gasteiger partial charge is 0.258 e. The van der Waals surface area contributed by atoms with Gasteiger partial charge in [0, 0.05) is 27.0 Å². The fraction of sp³-hybridized carbons (Fsp3) is 0.333. The van der Waals surface area contributed by atoms with Gasteiger partial charge >= 0.3 is 0 Å². The van der Waals surface area contributed by atoms with Crippen molar-refractivity contribution in [1.29, 1.82) is 5.41 Å². The molecular formula is C24H26BrClN4O2. The number of carbonyl (C=O) groups is 1. The summed E-state index contributed by atoms with van der Waals surface area (Å²) in [5, 5.41) is 18.7. The highest BCUT2D eigenvalue weighted by Gasteiger charge is 2.18. The van der Waals surface area contributed by atoms with Crippen molar-refractivity contribution in [3.8, 4) is 0 Å². The van der Waals surface area contributed by atoms with Gasteiger partial charge in [0.25, 0.3) is 5.91 Å². The van der Waals surface area contributed by atoms with Gasteiger partial charge in [-0.25, -0.2) is 0 Å². The molecule has 0 bridgehead atoms. The number of hydrogen-bond donors (Lipinski definition) is 4. The molecule has 2 aromatic carbocycles. The summed E-state index contributed by atoms with van der Waals surface area (Å²) in [6.07, 6.45) is 5.07. The summed E-state index contributed by atoms with van der Waals surface area (Å²) in [7, 11) is 0. The highest BCUT2D eigenvalue weighted by molar-refractivity contribution is 9.10. The summed E-state index contributed by atoms with van der Waals surface area (Å²) >= 11 is 10.0. The van der Waals surface area contributed by atoms with E-state index in [4.69, 9.17) is 21.4 Å². The molecule has 3 aromatic rings. The van der Waals surface area contributed by atoms with Crippen LogP contribution < -0.4 is 16.0 Å². The van der Waals surface area contributed by atoms with Crippen LogP contribution in [0, 0.1) is 11.3 Å². The molecule has 0 saturated carbocycles. The maximum Gasteiger partial charge on any atom is 0.258 e. The number of guanidine groups is 1. The van der Waals surface area contributed by atoms with Crippen molar-refractivity contribution in [2.75, 3.05) is 19.6 Å². The quantitative estimate of drug-likeness (QED) is 0.277. The maximum absolute atomic E-state index is 12.9. The predicted molar refractivity (Wildman–Crippen MR) is 132 cm³/mol. The molecular weight excluding hydrogens is 492 g/mol. The Labute approximate surface area is 200 Å². The van der Waals surface area contributed by atoms with Crippen molar-refractivity contribution in [3.63, 3.8) is 0 Å². The van der Waals surface area contributed by atoms with Crippen LogP contribution in [-0.2, 0) is 12.8 Å². The van der Waals surface area contributed by atoms with Gasteiger partial charge in [-0.05, 0) is 86.1 Å². The van der Waals surface area contributed by atoms with E-state index in [1.165, 1.54) is 0 Å². The molecule has 0 spiro atoms. The number of carbonyl (C=O) groups excluding carboxylic acids is 1. The minimum absolute atomic E-state index is 0.0174. The number of rotatable bonds is 6. The molecule has 1 aromatic heterocycles. The fourth-order valence-electron chi connectivity index (χ4n) is 4.14. The Kier molecular flexibility index (Phi) is 7.50. The first-order chi connectivity index (χ1) is 15.5. The van der Waals surface area contributed by atoms with E-state index >= 15 is 0 Å². The zero-order valence-corrected chi connectivity index (χ0v) is 20.0. The van der Waals surface area contributed by atoms with E-state index in [0.29, 0.717) is 35.9 Å². The van der Waals surface area contributed by atoms with E-state index in [1.807, 2.05) is 18.2 Å². The topological polar surface area (TPSA) is 90.2 Å². The van der Waals surface area contributed by atoms with Crippen LogP contribution in [-0.4, -0.2) is 31.5 Å². The highest BCUT2D eigenvalue weighted by Crippen LogP contribution is 2.28. The summed E-state index contributed by atoms with van der Waals surface area (Å²) in [5.74, 6) is 0.199. The van der Waals surface area contributed by atoms with Gasteiger partial charge in [-0.2, -0.15) is 0 Å². The standard InChI is InChI=1S/C24H26BrClN4O2/c25-18-12-16(22-17(13-18)8-11-32-22)4-5-19-20(2-1-3-21(19)26)23(31)30-24(27)29-14-15-6-9-28-10-7-15/h1-3,8,11-13,15,28H,4-7,9-10,14H2,(H3,27,29,30,31). The lowest BCUT2D eigenvalue weighted by molar-refractivity contribution is 0.0974. The molecule has 0 aliphatic carbocycles. The molecule has 1 fully saturated rings. The minimum Gasteiger partial charge on any atom is -0.464 e. The van der Waals surface area contributed by atoms with Gasteiger partial charge in [-0.3, -0.25) is 15.5 Å². The number of aryl methyl sites for hydroxylation is 1. The van der Waals surface area contributed by atoms with Crippen LogP contribution in [0.3, 0.4) is 0 Å². The van der Waals surface area contributed by atoms with Gasteiger partial charge in [0.15, 0.2) is 5.96 Å². The second-order valence-electron chi connectivity index (χ2n) is 8.07. The molecule has 1 aliphatic heterocycles. The number of piperidine rings is 1. The zero-order chi connectivity index (χ0) is 22.5. The van der Waals surface area contributed by atoms with Crippen molar-refractivity contribution in [3.05, 3.63) is 68.8 Å². The number of amides is 1. The van der Waals surface area contributed by atoms with E-state index in [-0.39, 0.29) is 11.9 Å². The van der Waals surface area contributed by atoms with E-state index in [0.717, 1.165) is 52.5 Å². The summed E-state index contributed by atoms with van der Waals surface area (Å²) in [5.41, 5.74) is 3.13. The summed E-state index contributed by atoms with van der Waals surface area (Å²) in [6.45, 7) is 2.69. The highest BCUT2D eigenvalue weighted by atomic mass is 79.9. The van der Waals surface area contributed by atoms with E-state index in [2.05, 4.69) is 31.9 Å². The van der Waals surface area contributed by atoms with E-state index in [1.54, 1.807) is 24.5 Å². The molecule has 0 unspecified atom stereocenters. The number of fused-ring (bicyclic) bond motifs is 1. The van der Waals surface area contributed by atoms with Gasteiger partial charge in [0.05, 0.1) is 6.26 Å². The Morgan fingerprint density at radius 3 is 2.84 bits per heavy atom. The van der Waals surface area contributed by atoms with Gasteiger partial charge < -0.3 is 15.1 Å². The van der Waals surface area contributed by atoms with Crippen LogP contribution >= 0.6 is 27.5 Å². The largest absolute Gasteiger partial charge is 0.464 e. The molecule has 1 saturated heterocycles. The number of furan rings is 1. The predicted octanol–water partition coefficient (Wildman–Crippen LogP) is 4.89. The molecule has 4 N–H and O–H groups in total. The average Bonchev–Trinajstić information content (AvgIpc) is 3.25. The lowest BCUT2D eigenvalue weighted by Crippen LogP contribution is -2.43. The Balaban J connectivity index is 1.43. The Morgan fingerprint density at radius 2 is 2.03 bits per heavy atom. The molecule has 6 nitrogen and oxygen atoms in total. The SMILES string of the molecule is N=C(NCC1CCNCC1)NC(=O)c1cccc(Cl)c1CCc1cc(Br)cc2ccoc12. The first kappa shape index (κ1) is 22.8. The third-order valence-electron chi connectivity index (χ3n) is 5.87. The van der Waals surface area contributed by atoms with Crippen LogP contribution in [0.15, 0.2) is 51.6 Å². The van der Waals surface area contributed by atoms with Gasteiger partial charge in [0.1, 0.15) is 5.58 Å². The van der Waals surface area contributed by atoms with E-state index < -0.39 is 0 Å². The van der Waals surface area contributed by atoms with Crippen LogP contribution in [0.5, 0.6) is 0 Å². The van der Waals surface area contributed by atoms with Crippen molar-refractivity contribution in [2.45, 2.75) is 25.7 Å². The number of benzene rings is 2. The Morgan fingerprint density at radius 1 is 1.22 bits per heavy atom. The molecule has 1 aliphatic rings. The van der Waals surface area contributed by atoms with Crippen molar-refractivity contribution < 1.29 is 9.21 Å². The monoisotopic (exact) mass is 516 g/mol. The summed E-state index contributed by atoms with van der Waals surface area (Å²) in [4.78, 5) is 12.9. The lowest BCUT2D eigenvalue weighted by atomic mass is 9.98. The normalized spacial score (nSPS) is 14.4. The zero-order valence-electron chi connectivity index (χ0n) is 17.6. The van der Waals surface area contributed by atoms with Crippen LogP contribution in [0.2, 0.25) is 5.02 Å². The van der Waals surface area contributed by atoms with E-state index in [9.17, 15) is 4.79 Å². The molecule has 32 heavy (non-hydrogen) atoms. The number of halogens is 2. The molecule has 0 atom stereocenters. The first-order valence-electron chi connectivity index (χ1n) is 10.8. The van der Waals surface area contributed by atoms with Crippen LogP contribution in [0.4, 0.5) is 0 Å². The average molecular weight is 518 g/mol. The summed E-state index contributed by atoms with van der Waals surface area (Å²) < 4.78 is 6.63. The molecule has 0 radical (unpaired) electrons. The lowest BCUT2D eigenvalue weighted by Gasteiger charge is -2.23. The molecule has 1 amide bonds. The van der Waals surface area contributed by atoms with Gasteiger partial charge in [-0.15, -0.1) is 0 Å². The number of hydrogen-bond acceptors (Lipinski definition) is 4. The minimum atomic E-state index is -0.331. The van der Waals surface area contributed by atoms with Crippen molar-refractivity contribution in [1.82, 2.24) is 16.0 Å². The Bertz CT molecular complexity index is 1120. The van der Waals surface area contributed by atoms with Crippen LogP contribution in [0.1, 0.15) is 34.3 Å². The number of nitrogens with one attached hydrogen (secondary N) is 4. The third kappa shape index (κ3) is 5.52. The van der Waals surface area contributed by atoms with Crippen molar-refractivity contribution >= 4 is 50.4 Å². The second-order valence-corrected chi connectivity index (χ2v) is 9.40. The van der Waals surface area contributed by atoms with Gasteiger partial charge in [-0.1, -0.05) is 33.6 Å². The maximum atomic E-state index is 12.9.